The molecule has 0 bridgehead atoms. The van der Waals surface area contributed by atoms with Crippen molar-refractivity contribution in [2.75, 3.05) is 0 Å². The Morgan fingerprint density at radius 1 is 1.18 bits per heavy atom. The van der Waals surface area contributed by atoms with Gasteiger partial charge in [0.15, 0.2) is 0 Å². The number of hydrogen-bond acceptors (Lipinski definition) is 4. The molecule has 0 spiro atoms. The molecule has 0 saturated heterocycles. The molecule has 2 aromatic rings. The molecular weight excluding hydrogens is 214 g/mol. The van der Waals surface area contributed by atoms with Crippen LogP contribution in [0.5, 0.6) is 0 Å². The van der Waals surface area contributed by atoms with Crippen molar-refractivity contribution >= 4 is 0 Å². The monoisotopic (exact) mass is 231 g/mol. The van der Waals surface area contributed by atoms with Crippen LogP contribution in [0.3, 0.4) is 0 Å². The van der Waals surface area contributed by atoms with Crippen LogP contribution >= 0.6 is 0 Å². The molecule has 2 rings (SSSR count). The maximum Gasteiger partial charge on any atom is 0.232 e. The van der Waals surface area contributed by atoms with E-state index in [2.05, 4.69) is 36.2 Å². The van der Waals surface area contributed by atoms with Crippen LogP contribution in [0.4, 0.5) is 0 Å². The van der Waals surface area contributed by atoms with Crippen molar-refractivity contribution in [3.63, 3.8) is 0 Å². The summed E-state index contributed by atoms with van der Waals surface area (Å²) in [5.41, 5.74) is 6.55. The minimum atomic E-state index is -0.304. The molecule has 4 heteroatoms. The molecular formula is C13H17N3O. The van der Waals surface area contributed by atoms with Gasteiger partial charge in [-0.15, -0.1) is 10.2 Å². The standard InChI is InChI=1S/C13H17N3O/c1-9(14)11-15-16-12(17-11)13(2,3)10-7-5-4-6-8-10/h4-9H,14H2,1-3H3. The molecule has 17 heavy (non-hydrogen) atoms. The SMILES string of the molecule is CC(N)c1nnc(C(C)(C)c2ccccc2)o1. The van der Waals surface area contributed by atoms with Crippen LogP contribution in [0.25, 0.3) is 0 Å². The van der Waals surface area contributed by atoms with Crippen molar-refractivity contribution in [1.29, 1.82) is 0 Å². The Bertz CT molecular complexity index is 488. The van der Waals surface area contributed by atoms with Crippen LogP contribution in [0, 0.1) is 0 Å². The molecule has 0 amide bonds. The topological polar surface area (TPSA) is 64.9 Å². The summed E-state index contributed by atoms with van der Waals surface area (Å²) in [6, 6.07) is 9.86. The minimum Gasteiger partial charge on any atom is -0.423 e. The van der Waals surface area contributed by atoms with Gasteiger partial charge >= 0.3 is 0 Å². The van der Waals surface area contributed by atoms with Crippen molar-refractivity contribution < 1.29 is 4.42 Å². The Morgan fingerprint density at radius 3 is 2.35 bits per heavy atom. The highest BCUT2D eigenvalue weighted by molar-refractivity contribution is 5.29. The first-order chi connectivity index (χ1) is 8.01. The molecule has 0 aliphatic heterocycles. The number of nitrogens with zero attached hydrogens (tertiary/aromatic N) is 2. The van der Waals surface area contributed by atoms with Gasteiger partial charge in [0.2, 0.25) is 11.8 Å². The predicted octanol–water partition coefficient (Wildman–Crippen LogP) is 2.42. The van der Waals surface area contributed by atoms with Crippen molar-refractivity contribution in [2.24, 2.45) is 5.73 Å². The van der Waals surface area contributed by atoms with Crippen molar-refractivity contribution in [3.8, 4) is 0 Å². The molecule has 4 nitrogen and oxygen atoms in total. The lowest BCUT2D eigenvalue weighted by Crippen LogP contribution is -2.19. The first kappa shape index (κ1) is 11.8. The fourth-order valence-corrected chi connectivity index (χ4v) is 1.65. The van der Waals surface area contributed by atoms with Crippen LogP contribution in [-0.2, 0) is 5.41 Å². The van der Waals surface area contributed by atoms with Crippen molar-refractivity contribution in [1.82, 2.24) is 10.2 Å². The van der Waals surface area contributed by atoms with Gasteiger partial charge in [0.1, 0.15) is 0 Å². The van der Waals surface area contributed by atoms with Gasteiger partial charge in [-0.05, 0) is 26.3 Å². The summed E-state index contributed by atoms with van der Waals surface area (Å²) in [4.78, 5) is 0. The zero-order valence-corrected chi connectivity index (χ0v) is 10.3. The highest BCUT2D eigenvalue weighted by Crippen LogP contribution is 2.30. The summed E-state index contributed by atoms with van der Waals surface area (Å²) >= 11 is 0. The molecule has 0 aliphatic carbocycles. The van der Waals surface area contributed by atoms with E-state index < -0.39 is 0 Å². The van der Waals surface area contributed by atoms with E-state index in [1.807, 2.05) is 25.1 Å². The van der Waals surface area contributed by atoms with E-state index in [-0.39, 0.29) is 11.5 Å². The molecule has 0 radical (unpaired) electrons. The zero-order chi connectivity index (χ0) is 12.5. The lowest BCUT2D eigenvalue weighted by Gasteiger charge is -2.20. The van der Waals surface area contributed by atoms with Crippen LogP contribution in [0.15, 0.2) is 34.7 Å². The van der Waals surface area contributed by atoms with Crippen LogP contribution in [0.2, 0.25) is 0 Å². The fourth-order valence-electron chi connectivity index (χ4n) is 1.65. The van der Waals surface area contributed by atoms with Gasteiger partial charge in [0.25, 0.3) is 0 Å². The molecule has 90 valence electrons. The highest BCUT2D eigenvalue weighted by Gasteiger charge is 2.29. The number of aromatic nitrogens is 2. The van der Waals surface area contributed by atoms with Crippen molar-refractivity contribution in [3.05, 3.63) is 47.7 Å². The quantitative estimate of drug-likeness (QED) is 0.881. The smallest absolute Gasteiger partial charge is 0.232 e. The molecule has 0 fully saturated rings. The second-order valence-electron chi connectivity index (χ2n) is 4.73. The molecule has 1 aromatic carbocycles. The number of benzene rings is 1. The molecule has 0 saturated carbocycles. The average Bonchev–Trinajstić information content (AvgIpc) is 2.80. The summed E-state index contributed by atoms with van der Waals surface area (Å²) in [5, 5.41) is 8.05. The summed E-state index contributed by atoms with van der Waals surface area (Å²) < 4.78 is 5.62. The maximum absolute atomic E-state index is 5.71. The second-order valence-corrected chi connectivity index (χ2v) is 4.73. The van der Waals surface area contributed by atoms with Crippen LogP contribution in [-0.4, -0.2) is 10.2 Å². The molecule has 1 unspecified atom stereocenters. The highest BCUT2D eigenvalue weighted by atomic mass is 16.4. The van der Waals surface area contributed by atoms with E-state index in [0.29, 0.717) is 11.8 Å². The van der Waals surface area contributed by atoms with Gasteiger partial charge in [-0.25, -0.2) is 0 Å². The van der Waals surface area contributed by atoms with Gasteiger partial charge in [-0.2, -0.15) is 0 Å². The van der Waals surface area contributed by atoms with E-state index in [1.165, 1.54) is 0 Å². The molecule has 1 atom stereocenters. The summed E-state index contributed by atoms with van der Waals surface area (Å²) in [5.74, 6) is 1.07. The largest absolute Gasteiger partial charge is 0.423 e. The Kier molecular flexibility index (Phi) is 2.98. The molecule has 2 N–H and O–H groups in total. The predicted molar refractivity (Wildman–Crippen MR) is 65.5 cm³/mol. The third kappa shape index (κ3) is 2.22. The van der Waals surface area contributed by atoms with Gasteiger partial charge in [-0.1, -0.05) is 30.3 Å². The van der Waals surface area contributed by atoms with Gasteiger partial charge in [-0.3, -0.25) is 0 Å². The normalized spacial score (nSPS) is 13.6. The van der Waals surface area contributed by atoms with Gasteiger partial charge in [0, 0.05) is 0 Å². The minimum absolute atomic E-state index is 0.233. The Hall–Kier alpha value is -1.68. The van der Waals surface area contributed by atoms with Gasteiger partial charge in [0.05, 0.1) is 11.5 Å². The van der Waals surface area contributed by atoms with Gasteiger partial charge < -0.3 is 10.2 Å². The van der Waals surface area contributed by atoms with E-state index in [9.17, 15) is 0 Å². The van der Waals surface area contributed by atoms with E-state index in [4.69, 9.17) is 10.2 Å². The van der Waals surface area contributed by atoms with E-state index in [0.717, 1.165) is 5.56 Å². The Labute approximate surface area is 101 Å². The second kappa shape index (κ2) is 4.30. The lowest BCUT2D eigenvalue weighted by molar-refractivity contribution is 0.375. The van der Waals surface area contributed by atoms with E-state index in [1.54, 1.807) is 0 Å². The average molecular weight is 231 g/mol. The molecule has 1 aromatic heterocycles. The van der Waals surface area contributed by atoms with Crippen molar-refractivity contribution in [2.45, 2.75) is 32.2 Å². The zero-order valence-electron chi connectivity index (χ0n) is 10.3. The third-order valence-corrected chi connectivity index (χ3v) is 2.86. The lowest BCUT2D eigenvalue weighted by atomic mass is 9.85. The molecule has 0 aliphatic rings. The Morgan fingerprint density at radius 2 is 1.82 bits per heavy atom. The number of rotatable bonds is 3. The Balaban J connectivity index is 2.37. The summed E-state index contributed by atoms with van der Waals surface area (Å²) in [7, 11) is 0. The maximum atomic E-state index is 5.71. The first-order valence-electron chi connectivity index (χ1n) is 5.67. The number of hydrogen-bond donors (Lipinski definition) is 1. The van der Waals surface area contributed by atoms with E-state index >= 15 is 0 Å². The third-order valence-electron chi connectivity index (χ3n) is 2.86. The first-order valence-corrected chi connectivity index (χ1v) is 5.67. The van der Waals surface area contributed by atoms with Crippen LogP contribution in [0.1, 0.15) is 44.2 Å². The number of nitrogens with two attached hydrogens (primary N) is 1. The fraction of sp³-hybridized carbons (Fsp3) is 0.385. The molecule has 1 heterocycles. The van der Waals surface area contributed by atoms with Crippen LogP contribution < -0.4 is 5.73 Å². The summed E-state index contributed by atoms with van der Waals surface area (Å²) in [6.07, 6.45) is 0. The summed E-state index contributed by atoms with van der Waals surface area (Å²) in [6.45, 7) is 5.94.